The van der Waals surface area contributed by atoms with Gasteiger partial charge in [-0.15, -0.1) is 0 Å². The molecule has 0 atom stereocenters. The molecular weight excluding hydrogens is 286 g/mol. The maximum Gasteiger partial charge on any atom is 0.419 e. The van der Waals surface area contributed by atoms with Gasteiger partial charge in [0.2, 0.25) is 0 Å². The number of anilines is 1. The van der Waals surface area contributed by atoms with Crippen LogP contribution in [0.3, 0.4) is 0 Å². The number of benzene rings is 1. The lowest BCUT2D eigenvalue weighted by Crippen LogP contribution is -2.08. The van der Waals surface area contributed by atoms with Gasteiger partial charge in [-0.1, -0.05) is 6.92 Å². The number of aromatic nitrogens is 2. The summed E-state index contributed by atoms with van der Waals surface area (Å²) in [4.78, 5) is 4.27. The first kappa shape index (κ1) is 15.3. The van der Waals surface area contributed by atoms with Crippen LogP contribution in [0.5, 0.6) is 0 Å². The van der Waals surface area contributed by atoms with Gasteiger partial charge in [-0.25, -0.2) is 9.37 Å². The summed E-state index contributed by atoms with van der Waals surface area (Å²) in [7, 11) is 1.70. The second kappa shape index (κ2) is 5.38. The van der Waals surface area contributed by atoms with Crippen molar-refractivity contribution in [3.8, 4) is 11.3 Å². The molecule has 0 spiro atoms. The van der Waals surface area contributed by atoms with E-state index in [0.29, 0.717) is 12.2 Å². The zero-order chi connectivity index (χ0) is 15.8. The van der Waals surface area contributed by atoms with Gasteiger partial charge in [0.1, 0.15) is 23.2 Å². The van der Waals surface area contributed by atoms with Gasteiger partial charge in [0.05, 0.1) is 5.56 Å². The molecule has 2 aromatic rings. The van der Waals surface area contributed by atoms with Crippen LogP contribution in [0.15, 0.2) is 18.2 Å². The van der Waals surface area contributed by atoms with Crippen LogP contribution in [-0.4, -0.2) is 9.55 Å². The van der Waals surface area contributed by atoms with Crippen molar-refractivity contribution in [2.45, 2.75) is 25.9 Å². The molecular formula is C14H15F4N3. The third kappa shape index (κ3) is 2.86. The van der Waals surface area contributed by atoms with Crippen LogP contribution < -0.4 is 5.73 Å². The van der Waals surface area contributed by atoms with E-state index in [9.17, 15) is 17.6 Å². The second-order valence-corrected chi connectivity index (χ2v) is 4.76. The molecule has 0 saturated carbocycles. The summed E-state index contributed by atoms with van der Waals surface area (Å²) < 4.78 is 53.2. The molecule has 0 aliphatic heterocycles. The van der Waals surface area contributed by atoms with Crippen LogP contribution in [0.25, 0.3) is 11.3 Å². The van der Waals surface area contributed by atoms with Crippen molar-refractivity contribution in [2.75, 3.05) is 5.73 Å². The number of hydrogen-bond acceptors (Lipinski definition) is 2. The normalized spacial score (nSPS) is 11.9. The number of aryl methyl sites for hydroxylation is 1. The fourth-order valence-electron chi connectivity index (χ4n) is 2.11. The Morgan fingerprint density at radius 3 is 2.52 bits per heavy atom. The SMILES string of the molecule is CCCc1nc(-c2ccc(F)c(C(F)(F)F)c2)c(N)n1C. The Balaban J connectivity index is 2.55. The maximum absolute atomic E-state index is 13.3. The summed E-state index contributed by atoms with van der Waals surface area (Å²) in [5, 5.41) is 0. The minimum Gasteiger partial charge on any atom is -0.383 e. The zero-order valence-electron chi connectivity index (χ0n) is 11.6. The Labute approximate surface area is 119 Å². The monoisotopic (exact) mass is 301 g/mol. The topological polar surface area (TPSA) is 43.8 Å². The average Bonchev–Trinajstić information content (AvgIpc) is 2.67. The molecule has 0 unspecified atom stereocenters. The molecule has 0 radical (unpaired) electrons. The van der Waals surface area contributed by atoms with E-state index in [1.165, 1.54) is 6.07 Å². The first-order chi connectivity index (χ1) is 9.75. The van der Waals surface area contributed by atoms with E-state index in [1.807, 2.05) is 6.92 Å². The molecule has 3 nitrogen and oxygen atoms in total. The summed E-state index contributed by atoms with van der Waals surface area (Å²) in [5.74, 6) is -0.365. The number of halogens is 4. The molecule has 0 aliphatic rings. The molecule has 0 amide bonds. The van der Waals surface area contributed by atoms with Gasteiger partial charge in [-0.3, -0.25) is 0 Å². The number of hydrogen-bond donors (Lipinski definition) is 1. The molecule has 2 N–H and O–H groups in total. The Morgan fingerprint density at radius 1 is 1.29 bits per heavy atom. The molecule has 0 aliphatic carbocycles. The van der Waals surface area contributed by atoms with Gasteiger partial charge in [-0.2, -0.15) is 13.2 Å². The Morgan fingerprint density at radius 2 is 1.95 bits per heavy atom. The van der Waals surface area contributed by atoms with E-state index in [1.54, 1.807) is 11.6 Å². The van der Waals surface area contributed by atoms with Crippen molar-refractivity contribution >= 4 is 5.82 Å². The van der Waals surface area contributed by atoms with Gasteiger partial charge in [0.15, 0.2) is 0 Å². The van der Waals surface area contributed by atoms with Gasteiger partial charge >= 0.3 is 6.18 Å². The van der Waals surface area contributed by atoms with Crippen LogP contribution in [0.2, 0.25) is 0 Å². The summed E-state index contributed by atoms with van der Waals surface area (Å²) in [6.45, 7) is 1.96. The summed E-state index contributed by atoms with van der Waals surface area (Å²) in [5.41, 5.74) is 4.96. The smallest absolute Gasteiger partial charge is 0.383 e. The zero-order valence-corrected chi connectivity index (χ0v) is 11.6. The number of nitrogens with two attached hydrogens (primary N) is 1. The standard InChI is InChI=1S/C14H15F4N3/c1-3-4-11-20-12(13(19)21(11)2)8-5-6-10(15)9(7-8)14(16,17)18/h5-7H,3-4,19H2,1-2H3. The molecule has 0 fully saturated rings. The Bertz CT molecular complexity index is 659. The maximum atomic E-state index is 13.3. The lowest BCUT2D eigenvalue weighted by Gasteiger charge is -2.09. The number of nitrogen functional groups attached to an aromatic ring is 1. The van der Waals surface area contributed by atoms with Crippen LogP contribution in [0, 0.1) is 5.82 Å². The molecule has 1 aromatic carbocycles. The predicted molar refractivity (Wildman–Crippen MR) is 72.0 cm³/mol. The van der Waals surface area contributed by atoms with E-state index in [4.69, 9.17) is 5.73 Å². The number of alkyl halides is 3. The summed E-state index contributed by atoms with van der Waals surface area (Å²) >= 11 is 0. The fourth-order valence-corrected chi connectivity index (χ4v) is 2.11. The van der Waals surface area contributed by atoms with E-state index >= 15 is 0 Å². The van der Waals surface area contributed by atoms with E-state index in [-0.39, 0.29) is 17.1 Å². The summed E-state index contributed by atoms with van der Waals surface area (Å²) in [6.07, 6.45) is -3.26. The molecule has 1 aromatic heterocycles. The molecule has 7 heteroatoms. The van der Waals surface area contributed by atoms with Crippen molar-refractivity contribution in [1.82, 2.24) is 9.55 Å². The van der Waals surface area contributed by atoms with Crippen LogP contribution in [0.1, 0.15) is 24.7 Å². The number of rotatable bonds is 3. The van der Waals surface area contributed by atoms with Crippen molar-refractivity contribution in [3.05, 3.63) is 35.4 Å². The highest BCUT2D eigenvalue weighted by molar-refractivity contribution is 5.71. The second-order valence-electron chi connectivity index (χ2n) is 4.76. The molecule has 114 valence electrons. The van der Waals surface area contributed by atoms with Crippen molar-refractivity contribution in [2.24, 2.45) is 7.05 Å². The quantitative estimate of drug-likeness (QED) is 0.877. The van der Waals surface area contributed by atoms with Crippen LogP contribution in [0.4, 0.5) is 23.4 Å². The van der Waals surface area contributed by atoms with E-state index in [0.717, 1.165) is 18.6 Å². The minimum absolute atomic E-state index is 0.152. The van der Waals surface area contributed by atoms with Gasteiger partial charge < -0.3 is 10.3 Å². The third-order valence-corrected chi connectivity index (χ3v) is 3.25. The molecule has 21 heavy (non-hydrogen) atoms. The lowest BCUT2D eigenvalue weighted by atomic mass is 10.1. The highest BCUT2D eigenvalue weighted by atomic mass is 19.4. The van der Waals surface area contributed by atoms with Gasteiger partial charge in [0.25, 0.3) is 0 Å². The number of imidazole rings is 1. The number of nitrogens with zero attached hydrogens (tertiary/aromatic N) is 2. The predicted octanol–water partition coefficient (Wildman–Crippen LogP) is 3.78. The molecule has 1 heterocycles. The average molecular weight is 301 g/mol. The molecule has 0 bridgehead atoms. The fraction of sp³-hybridized carbons (Fsp3) is 0.357. The van der Waals surface area contributed by atoms with Gasteiger partial charge in [-0.05, 0) is 24.6 Å². The Hall–Kier alpha value is -2.05. The molecule has 0 saturated heterocycles. The largest absolute Gasteiger partial charge is 0.419 e. The molecule has 2 rings (SSSR count). The summed E-state index contributed by atoms with van der Waals surface area (Å²) in [6, 6.07) is 2.77. The minimum atomic E-state index is -4.75. The van der Waals surface area contributed by atoms with Crippen molar-refractivity contribution in [3.63, 3.8) is 0 Å². The van der Waals surface area contributed by atoms with Crippen molar-refractivity contribution in [1.29, 1.82) is 0 Å². The van der Waals surface area contributed by atoms with E-state index < -0.39 is 17.6 Å². The van der Waals surface area contributed by atoms with Gasteiger partial charge in [0, 0.05) is 19.0 Å². The third-order valence-electron chi connectivity index (χ3n) is 3.25. The Kier molecular flexibility index (Phi) is 3.93. The van der Waals surface area contributed by atoms with E-state index in [2.05, 4.69) is 4.98 Å². The first-order valence-electron chi connectivity index (χ1n) is 6.43. The highest BCUT2D eigenvalue weighted by Gasteiger charge is 2.34. The van der Waals surface area contributed by atoms with Crippen LogP contribution in [-0.2, 0) is 19.6 Å². The lowest BCUT2D eigenvalue weighted by molar-refractivity contribution is -0.139. The first-order valence-corrected chi connectivity index (χ1v) is 6.43. The highest BCUT2D eigenvalue weighted by Crippen LogP contribution is 2.35. The van der Waals surface area contributed by atoms with Crippen molar-refractivity contribution < 1.29 is 17.6 Å². The van der Waals surface area contributed by atoms with Crippen LogP contribution >= 0.6 is 0 Å².